The molecular weight excluding hydrogens is 538 g/mol. The lowest BCUT2D eigenvalue weighted by Gasteiger charge is -2.28. The van der Waals surface area contributed by atoms with Gasteiger partial charge in [0, 0.05) is 0 Å². The molecule has 0 nitrogen and oxygen atoms in total. The second-order valence-corrected chi connectivity index (χ2v) is 11.2. The fourth-order valence-corrected chi connectivity index (χ4v) is 9.59. The largest absolute Gasteiger partial charge is 1.00 e. The van der Waals surface area contributed by atoms with Gasteiger partial charge in [0.2, 0.25) is 0 Å². The summed E-state index contributed by atoms with van der Waals surface area (Å²) >= 11 is 2.51. The molecule has 0 amide bonds. The average Bonchev–Trinajstić information content (AvgIpc) is 2.75. The summed E-state index contributed by atoms with van der Waals surface area (Å²) < 4.78 is 1.34. The van der Waals surface area contributed by atoms with Crippen molar-refractivity contribution in [2.75, 3.05) is 0 Å². The van der Waals surface area contributed by atoms with Crippen LogP contribution in [-0.4, -0.2) is 0 Å². The van der Waals surface area contributed by atoms with Gasteiger partial charge in [-0.25, -0.2) is 0 Å². The van der Waals surface area contributed by atoms with Crippen molar-refractivity contribution >= 4 is 45.8 Å². The minimum Gasteiger partial charge on any atom is -1.00 e. The highest BCUT2D eigenvalue weighted by molar-refractivity contribution is 14.1. The molecule has 0 radical (unpaired) electrons. The molecule has 4 rings (SSSR count). The summed E-state index contributed by atoms with van der Waals surface area (Å²) in [4.78, 5) is 0. The van der Waals surface area contributed by atoms with Gasteiger partial charge < -0.3 is 17.0 Å². The molecule has 140 valence electrons. The minimum absolute atomic E-state index is 0. The molecule has 28 heavy (non-hydrogen) atoms. The van der Waals surface area contributed by atoms with Crippen molar-refractivity contribution in [3.05, 3.63) is 124 Å². The zero-order valence-electron chi connectivity index (χ0n) is 15.4. The van der Waals surface area contributed by atoms with E-state index in [4.69, 9.17) is 0 Å². The van der Waals surface area contributed by atoms with E-state index < -0.39 is 7.26 Å². The summed E-state index contributed by atoms with van der Waals surface area (Å²) in [5.74, 6) is 0. The van der Waals surface area contributed by atoms with Crippen LogP contribution in [-0.2, 0) is 6.16 Å². The fraction of sp³-hybridized carbons (Fsp3) is 0.0400. The third kappa shape index (κ3) is 4.25. The maximum Gasteiger partial charge on any atom is 0.118 e. The van der Waals surface area contributed by atoms with Gasteiger partial charge in [-0.05, 0) is 64.6 Å². The molecule has 0 aliphatic heterocycles. The predicted molar refractivity (Wildman–Crippen MR) is 128 cm³/mol. The summed E-state index contributed by atoms with van der Waals surface area (Å²) in [5.41, 5.74) is 1.39. The maximum absolute atomic E-state index is 2.51. The molecule has 0 saturated carbocycles. The molecule has 0 aliphatic carbocycles. The lowest BCUT2D eigenvalue weighted by molar-refractivity contribution is -0.00000508. The van der Waals surface area contributed by atoms with Gasteiger partial charge in [0.1, 0.15) is 23.2 Å². The molecule has 0 atom stereocenters. The van der Waals surface area contributed by atoms with E-state index in [0.29, 0.717) is 0 Å². The zero-order chi connectivity index (χ0) is 18.5. The summed E-state index contributed by atoms with van der Waals surface area (Å²) in [7, 11) is -1.82. The standard InChI is InChI=1S/C25H21IP.BrH/c26-24-18-10-11-19-25(24)27(22-14-6-2-7-15-22,23-16-8-3-9-17-23)20-21-12-4-1-5-13-21;/h1-19H,20H2;1H/q+1;/p-1. The van der Waals surface area contributed by atoms with Crippen molar-refractivity contribution in [2.24, 2.45) is 0 Å². The van der Waals surface area contributed by atoms with E-state index >= 15 is 0 Å². The first-order chi connectivity index (χ1) is 13.3. The predicted octanol–water partition coefficient (Wildman–Crippen LogP) is 2.79. The first kappa shape index (κ1) is 21.2. The molecule has 0 unspecified atom stereocenters. The number of benzene rings is 4. The molecule has 0 aromatic heterocycles. The van der Waals surface area contributed by atoms with Crippen LogP contribution in [0.4, 0.5) is 0 Å². The van der Waals surface area contributed by atoms with Gasteiger partial charge in [-0.3, -0.25) is 0 Å². The Hall–Kier alpha value is -1.48. The van der Waals surface area contributed by atoms with Crippen LogP contribution in [0, 0.1) is 3.57 Å². The number of rotatable bonds is 5. The summed E-state index contributed by atoms with van der Waals surface area (Å²) in [5, 5.41) is 4.33. The van der Waals surface area contributed by atoms with Crippen LogP contribution >= 0.6 is 29.9 Å². The van der Waals surface area contributed by atoms with Gasteiger partial charge in [0.05, 0.1) is 9.73 Å². The Balaban J connectivity index is 0.00000225. The Bertz CT molecular complexity index is 965. The van der Waals surface area contributed by atoms with Crippen LogP contribution in [0.3, 0.4) is 0 Å². The van der Waals surface area contributed by atoms with Crippen LogP contribution in [0.1, 0.15) is 5.56 Å². The van der Waals surface area contributed by atoms with E-state index in [9.17, 15) is 0 Å². The fourth-order valence-electron chi connectivity index (χ4n) is 3.68. The van der Waals surface area contributed by atoms with Crippen LogP contribution in [0.5, 0.6) is 0 Å². The van der Waals surface area contributed by atoms with E-state index in [2.05, 4.69) is 138 Å². The molecule has 4 aromatic carbocycles. The number of hydrogen-bond acceptors (Lipinski definition) is 0. The maximum atomic E-state index is 2.51. The van der Waals surface area contributed by atoms with E-state index in [0.717, 1.165) is 6.16 Å². The number of hydrogen-bond donors (Lipinski definition) is 0. The van der Waals surface area contributed by atoms with E-state index in [-0.39, 0.29) is 17.0 Å². The van der Waals surface area contributed by atoms with Crippen molar-refractivity contribution in [2.45, 2.75) is 6.16 Å². The van der Waals surface area contributed by atoms with Crippen molar-refractivity contribution in [3.8, 4) is 0 Å². The van der Waals surface area contributed by atoms with Gasteiger partial charge in [-0.15, -0.1) is 0 Å². The summed E-state index contributed by atoms with van der Waals surface area (Å²) in [6.07, 6.45) is 1.03. The average molecular weight is 559 g/mol. The Kier molecular flexibility index (Phi) is 7.45. The molecule has 0 heterocycles. The van der Waals surface area contributed by atoms with Gasteiger partial charge >= 0.3 is 0 Å². The normalized spacial score (nSPS) is 10.9. The van der Waals surface area contributed by atoms with Crippen molar-refractivity contribution < 1.29 is 17.0 Å². The summed E-state index contributed by atoms with van der Waals surface area (Å²) in [6, 6.07) is 42.0. The molecular formula is C25H21BrIP. The lowest BCUT2D eigenvalue weighted by atomic mass is 10.2. The first-order valence-electron chi connectivity index (χ1n) is 9.09. The van der Waals surface area contributed by atoms with Gasteiger partial charge in [0.25, 0.3) is 0 Å². The summed E-state index contributed by atoms with van der Waals surface area (Å²) in [6.45, 7) is 0. The Morgan fingerprint density at radius 1 is 0.536 bits per heavy atom. The second-order valence-electron chi connectivity index (χ2n) is 6.58. The smallest absolute Gasteiger partial charge is 0.118 e. The van der Waals surface area contributed by atoms with Gasteiger partial charge in [-0.1, -0.05) is 78.9 Å². The van der Waals surface area contributed by atoms with E-state index in [1.165, 1.54) is 25.0 Å². The first-order valence-corrected chi connectivity index (χ1v) is 12.1. The second kappa shape index (κ2) is 9.82. The van der Waals surface area contributed by atoms with Gasteiger partial charge in [0.15, 0.2) is 0 Å². The van der Waals surface area contributed by atoms with Gasteiger partial charge in [-0.2, -0.15) is 0 Å². The number of halogens is 2. The highest BCUT2D eigenvalue weighted by atomic mass is 127. The minimum atomic E-state index is -1.82. The Labute approximate surface area is 192 Å². The monoisotopic (exact) mass is 558 g/mol. The third-order valence-corrected chi connectivity index (χ3v) is 10.7. The lowest BCUT2D eigenvalue weighted by Crippen LogP contribution is -3.00. The molecule has 0 fully saturated rings. The molecule has 0 aliphatic rings. The molecule has 0 bridgehead atoms. The van der Waals surface area contributed by atoms with Crippen molar-refractivity contribution in [1.82, 2.24) is 0 Å². The van der Waals surface area contributed by atoms with E-state index in [1.807, 2.05) is 0 Å². The quantitative estimate of drug-likeness (QED) is 0.261. The highest BCUT2D eigenvalue weighted by Crippen LogP contribution is 2.58. The highest BCUT2D eigenvalue weighted by Gasteiger charge is 2.46. The molecule has 0 N–H and O–H groups in total. The Morgan fingerprint density at radius 2 is 0.964 bits per heavy atom. The molecule has 0 saturated heterocycles. The Morgan fingerprint density at radius 3 is 1.46 bits per heavy atom. The third-order valence-electron chi connectivity index (χ3n) is 4.92. The molecule has 0 spiro atoms. The van der Waals surface area contributed by atoms with Crippen LogP contribution < -0.4 is 32.9 Å². The van der Waals surface area contributed by atoms with Crippen LogP contribution in [0.2, 0.25) is 0 Å². The topological polar surface area (TPSA) is 0 Å². The molecule has 4 aromatic rings. The SMILES string of the molecule is Ic1ccccc1[P+](Cc1ccccc1)(c1ccccc1)c1ccccc1.[Br-]. The zero-order valence-corrected chi connectivity index (χ0v) is 20.0. The van der Waals surface area contributed by atoms with Crippen LogP contribution in [0.25, 0.3) is 0 Å². The van der Waals surface area contributed by atoms with E-state index in [1.54, 1.807) is 0 Å². The molecule has 3 heteroatoms. The van der Waals surface area contributed by atoms with Crippen LogP contribution in [0.15, 0.2) is 115 Å². The van der Waals surface area contributed by atoms with Crippen molar-refractivity contribution in [3.63, 3.8) is 0 Å². The van der Waals surface area contributed by atoms with Crippen molar-refractivity contribution in [1.29, 1.82) is 0 Å².